The van der Waals surface area contributed by atoms with E-state index in [-0.39, 0.29) is 18.7 Å². The maximum Gasteiger partial charge on any atom is 0.433 e. The van der Waals surface area contributed by atoms with Gasteiger partial charge in [0.25, 0.3) is 5.91 Å². The Morgan fingerprint density at radius 1 is 1.47 bits per heavy atom. The number of β-amino-alcohol motifs (C(OH)–C–C–N with tert-alkyl or cyclic N) is 1. The van der Waals surface area contributed by atoms with Crippen LogP contribution in [0.5, 0.6) is 0 Å². The van der Waals surface area contributed by atoms with E-state index >= 15 is 0 Å². The van der Waals surface area contributed by atoms with Crippen molar-refractivity contribution in [3.05, 3.63) is 28.0 Å². The van der Waals surface area contributed by atoms with Crippen molar-refractivity contribution in [3.63, 3.8) is 0 Å². The maximum atomic E-state index is 12.0. The van der Waals surface area contributed by atoms with Crippen LogP contribution in [0, 0.1) is 10.1 Å². The van der Waals surface area contributed by atoms with Gasteiger partial charge in [-0.25, -0.2) is 4.79 Å². The Morgan fingerprint density at radius 2 is 2.16 bits per heavy atom. The lowest BCUT2D eigenvalue weighted by atomic mass is 10.2. The van der Waals surface area contributed by atoms with E-state index in [4.69, 9.17) is 9.52 Å². The molecule has 0 aromatic carbocycles. The zero-order valence-corrected chi connectivity index (χ0v) is 9.55. The molecule has 0 unspecified atom stereocenters. The number of aliphatic hydroxyl groups excluding tert-OH is 1. The minimum Gasteiger partial charge on any atom is -0.480 e. The summed E-state index contributed by atoms with van der Waals surface area (Å²) in [4.78, 5) is 33.5. The van der Waals surface area contributed by atoms with Gasteiger partial charge in [-0.1, -0.05) is 0 Å². The predicted molar refractivity (Wildman–Crippen MR) is 58.4 cm³/mol. The van der Waals surface area contributed by atoms with E-state index in [0.29, 0.717) is 0 Å². The number of carbonyl (C=O) groups excluding carboxylic acids is 1. The van der Waals surface area contributed by atoms with Crippen LogP contribution in [-0.2, 0) is 4.79 Å². The number of carboxylic acids is 1. The van der Waals surface area contributed by atoms with Gasteiger partial charge in [0.05, 0.1) is 12.2 Å². The van der Waals surface area contributed by atoms with Crippen LogP contribution in [0.2, 0.25) is 0 Å². The van der Waals surface area contributed by atoms with Crippen LogP contribution in [0.4, 0.5) is 5.88 Å². The summed E-state index contributed by atoms with van der Waals surface area (Å²) in [5.74, 6) is -2.97. The Labute approximate surface area is 106 Å². The lowest BCUT2D eigenvalue weighted by molar-refractivity contribution is -0.402. The molecule has 9 nitrogen and oxygen atoms in total. The number of likely N-dealkylation sites (tertiary alicyclic amines) is 1. The summed E-state index contributed by atoms with van der Waals surface area (Å²) in [5.41, 5.74) is 0. The maximum absolute atomic E-state index is 12.0. The Hall–Kier alpha value is -2.42. The highest BCUT2D eigenvalue weighted by Gasteiger charge is 2.40. The molecular formula is C10H10N2O7. The number of aliphatic hydroxyl groups is 1. The summed E-state index contributed by atoms with van der Waals surface area (Å²) in [6.45, 7) is -0.149. The summed E-state index contributed by atoms with van der Waals surface area (Å²) in [6.07, 6.45) is -1.01. The standard InChI is InChI=1S/C10H10N2O7/c13-5-3-6(10(15)16)11(4-5)9(14)7-1-2-8(19-7)12(17)18/h1-2,5-6,13H,3-4H2,(H,15,16)/t5-,6-/m1/s1. The van der Waals surface area contributed by atoms with Crippen LogP contribution in [0.15, 0.2) is 16.5 Å². The van der Waals surface area contributed by atoms with Crippen molar-refractivity contribution in [3.8, 4) is 0 Å². The second-order valence-electron chi connectivity index (χ2n) is 4.10. The monoisotopic (exact) mass is 270 g/mol. The molecule has 0 spiro atoms. The van der Waals surface area contributed by atoms with Gasteiger partial charge in [-0.05, 0) is 6.07 Å². The van der Waals surface area contributed by atoms with E-state index in [1.54, 1.807) is 0 Å². The minimum absolute atomic E-state index is 0.0795. The lowest BCUT2D eigenvalue weighted by Gasteiger charge is -2.19. The van der Waals surface area contributed by atoms with Crippen LogP contribution in [0.25, 0.3) is 0 Å². The number of nitro groups is 1. The number of furan rings is 1. The number of rotatable bonds is 3. The quantitative estimate of drug-likeness (QED) is 0.575. The number of amides is 1. The molecule has 0 aliphatic carbocycles. The largest absolute Gasteiger partial charge is 0.480 e. The molecule has 0 bridgehead atoms. The molecule has 102 valence electrons. The van der Waals surface area contributed by atoms with Crippen LogP contribution >= 0.6 is 0 Å². The van der Waals surface area contributed by atoms with Gasteiger partial charge in [-0.15, -0.1) is 0 Å². The number of nitrogens with zero attached hydrogens (tertiary/aromatic N) is 2. The summed E-state index contributed by atoms with van der Waals surface area (Å²) < 4.78 is 4.72. The SMILES string of the molecule is O=C(O)[C@H]1C[C@@H](O)CN1C(=O)c1ccc([N+](=O)[O-])o1. The van der Waals surface area contributed by atoms with Gasteiger partial charge in [-0.2, -0.15) is 0 Å². The summed E-state index contributed by atoms with van der Waals surface area (Å²) in [6, 6.07) is 0.950. The first-order valence-electron chi connectivity index (χ1n) is 5.36. The van der Waals surface area contributed by atoms with Crippen molar-refractivity contribution >= 4 is 17.8 Å². The van der Waals surface area contributed by atoms with Crippen molar-refractivity contribution in [2.24, 2.45) is 0 Å². The molecule has 9 heteroatoms. The third-order valence-corrected chi connectivity index (χ3v) is 2.81. The van der Waals surface area contributed by atoms with Crippen molar-refractivity contribution in [2.45, 2.75) is 18.6 Å². The number of hydrogen-bond donors (Lipinski definition) is 2. The highest BCUT2D eigenvalue weighted by molar-refractivity contribution is 5.95. The van der Waals surface area contributed by atoms with Crippen LogP contribution in [0.1, 0.15) is 17.0 Å². The molecule has 19 heavy (non-hydrogen) atoms. The van der Waals surface area contributed by atoms with Crippen molar-refractivity contribution in [2.75, 3.05) is 6.54 Å². The van der Waals surface area contributed by atoms with Gasteiger partial charge >= 0.3 is 11.9 Å². The van der Waals surface area contributed by atoms with E-state index in [9.17, 15) is 24.8 Å². The van der Waals surface area contributed by atoms with Gasteiger partial charge in [0.1, 0.15) is 11.0 Å². The third-order valence-electron chi connectivity index (χ3n) is 2.81. The van der Waals surface area contributed by atoms with Gasteiger partial charge in [-0.3, -0.25) is 14.9 Å². The molecule has 2 rings (SSSR count). The smallest absolute Gasteiger partial charge is 0.433 e. The number of hydrogen-bond acceptors (Lipinski definition) is 6. The molecule has 2 atom stereocenters. The molecule has 1 aliphatic rings. The second kappa shape index (κ2) is 4.69. The molecule has 1 aromatic heterocycles. The molecule has 1 fully saturated rings. The highest BCUT2D eigenvalue weighted by Crippen LogP contribution is 2.23. The zero-order chi connectivity index (χ0) is 14.2. The van der Waals surface area contributed by atoms with Crippen molar-refractivity contribution in [1.82, 2.24) is 4.90 Å². The lowest BCUT2D eigenvalue weighted by Crippen LogP contribution is -2.40. The highest BCUT2D eigenvalue weighted by atomic mass is 16.6. The van der Waals surface area contributed by atoms with Crippen molar-refractivity contribution in [1.29, 1.82) is 0 Å². The van der Waals surface area contributed by atoms with Gasteiger partial charge < -0.3 is 19.5 Å². The normalized spacial score (nSPS) is 22.5. The fourth-order valence-electron chi connectivity index (χ4n) is 1.95. The molecular weight excluding hydrogens is 260 g/mol. The Balaban J connectivity index is 2.22. The van der Waals surface area contributed by atoms with E-state index in [0.717, 1.165) is 17.0 Å². The molecule has 0 radical (unpaired) electrons. The minimum atomic E-state index is -1.24. The van der Waals surface area contributed by atoms with Crippen LogP contribution in [0.3, 0.4) is 0 Å². The topological polar surface area (TPSA) is 134 Å². The first kappa shape index (κ1) is 13.0. The van der Waals surface area contributed by atoms with Gasteiger partial charge in [0.2, 0.25) is 0 Å². The number of carboxylic acid groups (broad SMARTS) is 1. The number of aliphatic carboxylic acids is 1. The number of carbonyl (C=O) groups is 2. The van der Waals surface area contributed by atoms with Gasteiger partial charge in [0, 0.05) is 13.0 Å². The Morgan fingerprint density at radius 3 is 2.68 bits per heavy atom. The van der Waals surface area contributed by atoms with Crippen LogP contribution < -0.4 is 0 Å². The third kappa shape index (κ3) is 2.40. The Kier molecular flexibility index (Phi) is 3.21. The summed E-state index contributed by atoms with van der Waals surface area (Å²) >= 11 is 0. The molecule has 1 saturated heterocycles. The molecule has 1 aliphatic heterocycles. The molecule has 2 N–H and O–H groups in total. The van der Waals surface area contributed by atoms with Crippen LogP contribution in [-0.4, -0.2) is 50.6 Å². The van der Waals surface area contributed by atoms with Gasteiger partial charge in [0.15, 0.2) is 5.76 Å². The molecule has 2 heterocycles. The predicted octanol–water partition coefficient (Wildman–Crippen LogP) is -0.152. The average molecular weight is 270 g/mol. The van der Waals surface area contributed by atoms with E-state index in [1.807, 2.05) is 0 Å². The second-order valence-corrected chi connectivity index (χ2v) is 4.10. The molecule has 1 aromatic rings. The summed E-state index contributed by atoms with van der Waals surface area (Å²) in [5, 5.41) is 28.8. The van der Waals surface area contributed by atoms with Crippen molar-refractivity contribution < 1.29 is 29.1 Å². The first-order valence-corrected chi connectivity index (χ1v) is 5.36. The van der Waals surface area contributed by atoms with E-state index in [1.165, 1.54) is 0 Å². The van der Waals surface area contributed by atoms with E-state index < -0.39 is 34.8 Å². The summed E-state index contributed by atoms with van der Waals surface area (Å²) in [7, 11) is 0. The molecule has 1 amide bonds. The fourth-order valence-corrected chi connectivity index (χ4v) is 1.95. The van der Waals surface area contributed by atoms with E-state index in [2.05, 4.69) is 0 Å². The first-order chi connectivity index (χ1) is 8.90. The fraction of sp³-hybridized carbons (Fsp3) is 0.400. The molecule has 0 saturated carbocycles. The average Bonchev–Trinajstić information content (AvgIpc) is 2.94. The Bertz CT molecular complexity index is 538. The zero-order valence-electron chi connectivity index (χ0n) is 9.55.